The molecule has 0 radical (unpaired) electrons. The number of carbonyl (C=O) groups is 1. The molecule has 1 N–H and O–H groups in total. The summed E-state index contributed by atoms with van der Waals surface area (Å²) in [6.07, 6.45) is 1.32. The first kappa shape index (κ1) is 13.9. The molecule has 0 aromatic heterocycles. The summed E-state index contributed by atoms with van der Waals surface area (Å²) in [6, 6.07) is 4.80. The number of carboxylic acids is 1. The van der Waals surface area contributed by atoms with Gasteiger partial charge in [-0.1, -0.05) is 11.6 Å². The van der Waals surface area contributed by atoms with Gasteiger partial charge in [-0.05, 0) is 38.8 Å². The van der Waals surface area contributed by atoms with E-state index >= 15 is 0 Å². The number of benzene rings is 1. The lowest BCUT2D eigenvalue weighted by Gasteiger charge is -2.24. The number of aryl methyl sites for hydroxylation is 1. The molecule has 19 heavy (non-hydrogen) atoms. The number of anilines is 1. The summed E-state index contributed by atoms with van der Waals surface area (Å²) in [4.78, 5) is 11.3. The molecular weight excluding hydrogens is 266 g/mol. The summed E-state index contributed by atoms with van der Waals surface area (Å²) < 4.78 is 25.9. The first-order valence-electron chi connectivity index (χ1n) is 6.23. The Bertz CT molecular complexity index is 605. The van der Waals surface area contributed by atoms with Gasteiger partial charge in [-0.25, -0.2) is 13.2 Å². The third kappa shape index (κ3) is 2.58. The Morgan fingerprint density at radius 3 is 2.53 bits per heavy atom. The van der Waals surface area contributed by atoms with Crippen LogP contribution in [0.15, 0.2) is 18.2 Å². The molecule has 0 spiro atoms. The van der Waals surface area contributed by atoms with Crippen molar-refractivity contribution < 1.29 is 18.3 Å². The largest absolute Gasteiger partial charge is 0.478 e. The van der Waals surface area contributed by atoms with Gasteiger partial charge in [0, 0.05) is 6.54 Å². The minimum Gasteiger partial charge on any atom is -0.478 e. The van der Waals surface area contributed by atoms with Crippen LogP contribution in [-0.4, -0.2) is 31.3 Å². The lowest BCUT2D eigenvalue weighted by molar-refractivity contribution is 0.0697. The van der Waals surface area contributed by atoms with E-state index in [1.165, 1.54) is 10.4 Å². The van der Waals surface area contributed by atoms with Crippen molar-refractivity contribution >= 4 is 21.7 Å². The molecule has 5 nitrogen and oxygen atoms in total. The van der Waals surface area contributed by atoms with Gasteiger partial charge in [-0.15, -0.1) is 0 Å². The van der Waals surface area contributed by atoms with E-state index in [1.807, 2.05) is 0 Å². The standard InChI is InChI=1S/C13H17NO4S/c1-3-14(19(17,18)10-5-6-10)12-7-4-9(2)8-11(12)13(15)16/h4,7-8,10H,3,5-6H2,1-2H3,(H,15,16). The van der Waals surface area contributed by atoms with Crippen LogP contribution >= 0.6 is 0 Å². The van der Waals surface area contributed by atoms with Crippen LogP contribution in [0.2, 0.25) is 0 Å². The number of nitrogens with zero attached hydrogens (tertiary/aromatic N) is 1. The van der Waals surface area contributed by atoms with Crippen LogP contribution in [-0.2, 0) is 10.0 Å². The molecule has 6 heteroatoms. The normalized spacial score (nSPS) is 15.3. The maximum Gasteiger partial charge on any atom is 0.337 e. The highest BCUT2D eigenvalue weighted by atomic mass is 32.2. The Kier molecular flexibility index (Phi) is 3.54. The molecule has 2 rings (SSSR count). The Labute approximate surface area is 112 Å². The van der Waals surface area contributed by atoms with E-state index in [4.69, 9.17) is 0 Å². The highest BCUT2D eigenvalue weighted by Gasteiger charge is 2.40. The van der Waals surface area contributed by atoms with Crippen molar-refractivity contribution in [2.45, 2.75) is 31.9 Å². The molecule has 0 unspecified atom stereocenters. The predicted octanol–water partition coefficient (Wildman–Crippen LogP) is 2.01. The van der Waals surface area contributed by atoms with Gasteiger partial charge in [0.1, 0.15) is 0 Å². The fourth-order valence-corrected chi connectivity index (χ4v) is 3.96. The molecule has 0 aliphatic heterocycles. The molecule has 1 aliphatic carbocycles. The van der Waals surface area contributed by atoms with Crippen molar-refractivity contribution in [2.24, 2.45) is 0 Å². The van der Waals surface area contributed by atoms with E-state index in [-0.39, 0.29) is 23.0 Å². The predicted molar refractivity (Wildman–Crippen MR) is 73.1 cm³/mol. The smallest absolute Gasteiger partial charge is 0.337 e. The molecule has 104 valence electrons. The fraction of sp³-hybridized carbons (Fsp3) is 0.462. The summed E-state index contributed by atoms with van der Waals surface area (Å²) in [5.41, 5.74) is 1.08. The van der Waals surface area contributed by atoms with E-state index in [1.54, 1.807) is 26.0 Å². The average molecular weight is 283 g/mol. The summed E-state index contributed by atoms with van der Waals surface area (Å²) in [6.45, 7) is 3.73. The van der Waals surface area contributed by atoms with Crippen molar-refractivity contribution in [2.75, 3.05) is 10.8 Å². The number of rotatable bonds is 5. The topological polar surface area (TPSA) is 74.7 Å². The maximum absolute atomic E-state index is 12.3. The van der Waals surface area contributed by atoms with Crippen molar-refractivity contribution in [3.8, 4) is 0 Å². The Hall–Kier alpha value is -1.56. The number of sulfonamides is 1. The second-order valence-electron chi connectivity index (χ2n) is 4.73. The summed E-state index contributed by atoms with van der Waals surface area (Å²) >= 11 is 0. The van der Waals surface area contributed by atoms with Crippen LogP contribution < -0.4 is 4.31 Å². The van der Waals surface area contributed by atoms with Gasteiger partial charge in [0.2, 0.25) is 10.0 Å². The Balaban J connectivity index is 2.52. The molecule has 0 saturated heterocycles. The molecule has 1 fully saturated rings. The second kappa shape index (κ2) is 4.85. The molecular formula is C13H17NO4S. The van der Waals surface area contributed by atoms with Crippen molar-refractivity contribution in [3.63, 3.8) is 0 Å². The SMILES string of the molecule is CCN(c1ccc(C)cc1C(=O)O)S(=O)(=O)C1CC1. The number of hydrogen-bond acceptors (Lipinski definition) is 3. The lowest BCUT2D eigenvalue weighted by Crippen LogP contribution is -2.34. The van der Waals surface area contributed by atoms with Crippen molar-refractivity contribution in [1.29, 1.82) is 0 Å². The van der Waals surface area contributed by atoms with E-state index in [0.717, 1.165) is 5.56 Å². The van der Waals surface area contributed by atoms with Crippen LogP contribution in [0, 0.1) is 6.92 Å². The van der Waals surface area contributed by atoms with Gasteiger partial charge in [-0.2, -0.15) is 0 Å². The molecule has 0 heterocycles. The summed E-state index contributed by atoms with van der Waals surface area (Å²) in [5.74, 6) is -1.11. The molecule has 1 aromatic rings. The highest BCUT2D eigenvalue weighted by molar-refractivity contribution is 7.93. The second-order valence-corrected chi connectivity index (χ2v) is 6.87. The van der Waals surface area contributed by atoms with Crippen molar-refractivity contribution in [3.05, 3.63) is 29.3 Å². The molecule has 0 amide bonds. The molecule has 1 aromatic carbocycles. The fourth-order valence-electron chi connectivity index (χ4n) is 2.07. The van der Waals surface area contributed by atoms with E-state index in [0.29, 0.717) is 12.8 Å². The monoisotopic (exact) mass is 283 g/mol. The van der Waals surface area contributed by atoms with Gasteiger partial charge in [0.05, 0.1) is 16.5 Å². The highest BCUT2D eigenvalue weighted by Crippen LogP contribution is 2.35. The number of aromatic carboxylic acids is 1. The van der Waals surface area contributed by atoms with Gasteiger partial charge >= 0.3 is 5.97 Å². The average Bonchev–Trinajstić information content (AvgIpc) is 3.15. The molecule has 1 saturated carbocycles. The Morgan fingerprint density at radius 1 is 1.42 bits per heavy atom. The van der Waals surface area contributed by atoms with Crippen LogP contribution in [0.25, 0.3) is 0 Å². The summed E-state index contributed by atoms with van der Waals surface area (Å²) in [5, 5.41) is 8.88. The zero-order chi connectivity index (χ0) is 14.2. The van der Waals surface area contributed by atoms with Crippen LogP contribution in [0.3, 0.4) is 0 Å². The first-order chi connectivity index (χ1) is 8.87. The minimum absolute atomic E-state index is 0.0334. The number of carboxylic acid groups (broad SMARTS) is 1. The zero-order valence-electron chi connectivity index (χ0n) is 11.0. The Morgan fingerprint density at radius 2 is 2.05 bits per heavy atom. The van der Waals surface area contributed by atoms with Crippen LogP contribution in [0.5, 0.6) is 0 Å². The third-order valence-corrected chi connectivity index (χ3v) is 5.57. The third-order valence-electron chi connectivity index (χ3n) is 3.19. The van der Waals surface area contributed by atoms with Crippen molar-refractivity contribution in [1.82, 2.24) is 0 Å². The maximum atomic E-state index is 12.3. The minimum atomic E-state index is -3.43. The van der Waals surface area contributed by atoms with Gasteiger partial charge < -0.3 is 5.11 Å². The molecule has 1 aliphatic rings. The molecule has 0 atom stereocenters. The van der Waals surface area contributed by atoms with Crippen LogP contribution in [0.4, 0.5) is 5.69 Å². The first-order valence-corrected chi connectivity index (χ1v) is 7.73. The van der Waals surface area contributed by atoms with Gasteiger partial charge in [0.25, 0.3) is 0 Å². The number of hydrogen-bond donors (Lipinski definition) is 1. The van der Waals surface area contributed by atoms with E-state index in [9.17, 15) is 18.3 Å². The van der Waals surface area contributed by atoms with E-state index in [2.05, 4.69) is 0 Å². The van der Waals surface area contributed by atoms with Gasteiger partial charge in [-0.3, -0.25) is 4.31 Å². The zero-order valence-corrected chi connectivity index (χ0v) is 11.8. The summed E-state index contributed by atoms with van der Waals surface area (Å²) in [7, 11) is -3.43. The van der Waals surface area contributed by atoms with Gasteiger partial charge in [0.15, 0.2) is 0 Å². The molecule has 0 bridgehead atoms. The lowest BCUT2D eigenvalue weighted by atomic mass is 10.1. The van der Waals surface area contributed by atoms with E-state index < -0.39 is 16.0 Å². The van der Waals surface area contributed by atoms with Crippen LogP contribution in [0.1, 0.15) is 35.7 Å². The quantitative estimate of drug-likeness (QED) is 0.897.